The molecule has 2 aromatic rings. The van der Waals surface area contributed by atoms with Crippen LogP contribution in [-0.2, 0) is 12.6 Å². The Hall–Kier alpha value is -1.66. The van der Waals surface area contributed by atoms with Crippen LogP contribution in [-0.4, -0.2) is 12.1 Å². The van der Waals surface area contributed by atoms with Crippen molar-refractivity contribution in [2.24, 2.45) is 11.7 Å². The number of halogens is 3. The molecule has 0 saturated heterocycles. The number of benzene rings is 2. The second kappa shape index (κ2) is 7.64. The number of hydrogen-bond donors (Lipinski definition) is 2. The molecule has 1 saturated carbocycles. The SMILES string of the molecule is CC(Nc1cc(C(F)(F)F)cc2c1Cc1ccccc1S2)C1CCCC(N)C1. The summed E-state index contributed by atoms with van der Waals surface area (Å²) >= 11 is 1.43. The molecule has 1 aliphatic heterocycles. The average Bonchev–Trinajstić information content (AvgIpc) is 2.65. The summed E-state index contributed by atoms with van der Waals surface area (Å²) < 4.78 is 40.6. The number of fused-ring (bicyclic) bond motifs is 2. The predicted octanol–water partition coefficient (Wildman–Crippen LogP) is 6.08. The zero-order chi connectivity index (χ0) is 19.9. The van der Waals surface area contributed by atoms with Gasteiger partial charge in [0.05, 0.1) is 5.56 Å². The number of nitrogens with one attached hydrogen (secondary N) is 1. The van der Waals surface area contributed by atoms with Crippen molar-refractivity contribution >= 4 is 17.4 Å². The van der Waals surface area contributed by atoms with Crippen LogP contribution < -0.4 is 11.1 Å². The molecule has 0 amide bonds. The normalized spacial score (nSPS) is 22.9. The van der Waals surface area contributed by atoms with Gasteiger partial charge in [0.25, 0.3) is 0 Å². The van der Waals surface area contributed by atoms with Crippen molar-refractivity contribution < 1.29 is 13.2 Å². The van der Waals surface area contributed by atoms with E-state index < -0.39 is 11.7 Å². The third-order valence-electron chi connectivity index (χ3n) is 5.94. The molecule has 3 unspecified atom stereocenters. The van der Waals surface area contributed by atoms with Crippen LogP contribution in [0.5, 0.6) is 0 Å². The zero-order valence-corrected chi connectivity index (χ0v) is 16.7. The summed E-state index contributed by atoms with van der Waals surface area (Å²) in [7, 11) is 0. The number of alkyl halides is 3. The lowest BCUT2D eigenvalue weighted by atomic mass is 9.82. The molecule has 4 rings (SSSR count). The standard InChI is InChI=1S/C22H25F3N2S/c1-13(14-6-4-7-17(26)9-14)27-19-11-16(22(23,24)25)12-21-18(19)10-15-5-2-3-8-20(15)28-21/h2-3,5,8,11-14,17,27H,4,6-7,9-10,26H2,1H3. The van der Waals surface area contributed by atoms with E-state index >= 15 is 0 Å². The Labute approximate surface area is 168 Å². The van der Waals surface area contributed by atoms with Gasteiger partial charge in [-0.15, -0.1) is 0 Å². The van der Waals surface area contributed by atoms with E-state index in [0.29, 0.717) is 22.9 Å². The highest BCUT2D eigenvalue weighted by molar-refractivity contribution is 7.99. The Bertz CT molecular complexity index is 865. The molecular formula is C22H25F3N2S. The largest absolute Gasteiger partial charge is 0.416 e. The molecule has 2 aromatic carbocycles. The Morgan fingerprint density at radius 1 is 1.14 bits per heavy atom. The molecule has 2 aliphatic rings. The van der Waals surface area contributed by atoms with E-state index in [0.717, 1.165) is 41.7 Å². The molecule has 0 radical (unpaired) electrons. The minimum absolute atomic E-state index is 0.0844. The Morgan fingerprint density at radius 2 is 1.93 bits per heavy atom. The highest BCUT2D eigenvalue weighted by Crippen LogP contribution is 2.45. The fourth-order valence-electron chi connectivity index (χ4n) is 4.35. The fraction of sp³-hybridized carbons (Fsp3) is 0.455. The topological polar surface area (TPSA) is 38.0 Å². The minimum atomic E-state index is -4.36. The highest BCUT2D eigenvalue weighted by atomic mass is 32.2. The Balaban J connectivity index is 1.68. The first kappa shape index (κ1) is 19.6. The van der Waals surface area contributed by atoms with Gasteiger partial charge in [-0.25, -0.2) is 0 Å². The lowest BCUT2D eigenvalue weighted by Gasteiger charge is -2.33. The fourth-order valence-corrected chi connectivity index (χ4v) is 5.50. The van der Waals surface area contributed by atoms with Crippen molar-refractivity contribution in [2.75, 3.05) is 5.32 Å². The lowest BCUT2D eigenvalue weighted by Crippen LogP contribution is -2.36. The number of hydrogen-bond acceptors (Lipinski definition) is 3. The summed E-state index contributed by atoms with van der Waals surface area (Å²) in [5.74, 6) is 0.387. The molecule has 1 fully saturated rings. The Kier molecular flexibility index (Phi) is 5.36. The van der Waals surface area contributed by atoms with Gasteiger partial charge in [-0.1, -0.05) is 36.4 Å². The molecular weight excluding hydrogens is 381 g/mol. The van der Waals surface area contributed by atoms with Gasteiger partial charge in [-0.3, -0.25) is 0 Å². The van der Waals surface area contributed by atoms with Crippen molar-refractivity contribution in [2.45, 2.75) is 67.1 Å². The molecule has 3 N–H and O–H groups in total. The number of nitrogens with two attached hydrogens (primary N) is 1. The maximum Gasteiger partial charge on any atom is 0.416 e. The first-order valence-electron chi connectivity index (χ1n) is 9.83. The van der Waals surface area contributed by atoms with Gasteiger partial charge in [-0.2, -0.15) is 13.2 Å². The molecule has 0 bridgehead atoms. The highest BCUT2D eigenvalue weighted by Gasteiger charge is 2.34. The maximum atomic E-state index is 13.5. The first-order valence-corrected chi connectivity index (χ1v) is 10.6. The second-order valence-electron chi connectivity index (χ2n) is 8.00. The summed E-state index contributed by atoms with van der Waals surface area (Å²) in [5, 5.41) is 3.43. The van der Waals surface area contributed by atoms with Crippen molar-refractivity contribution in [3.8, 4) is 0 Å². The third kappa shape index (κ3) is 4.03. The van der Waals surface area contributed by atoms with Crippen LogP contribution in [0.15, 0.2) is 46.2 Å². The van der Waals surface area contributed by atoms with Gasteiger partial charge in [-0.05, 0) is 61.4 Å². The molecule has 150 valence electrons. The smallest absolute Gasteiger partial charge is 0.382 e. The van der Waals surface area contributed by atoms with E-state index in [1.807, 2.05) is 18.2 Å². The summed E-state index contributed by atoms with van der Waals surface area (Å²) in [6, 6.07) is 10.8. The summed E-state index contributed by atoms with van der Waals surface area (Å²) in [6.45, 7) is 2.07. The first-order chi connectivity index (χ1) is 13.3. The van der Waals surface area contributed by atoms with Crippen LogP contribution >= 0.6 is 11.8 Å². The molecule has 2 nitrogen and oxygen atoms in total. The summed E-state index contributed by atoms with van der Waals surface area (Å²) in [4.78, 5) is 1.73. The van der Waals surface area contributed by atoms with Crippen LogP contribution in [0, 0.1) is 5.92 Å². The zero-order valence-electron chi connectivity index (χ0n) is 15.9. The quantitative estimate of drug-likeness (QED) is 0.554. The minimum Gasteiger partial charge on any atom is -0.382 e. The van der Waals surface area contributed by atoms with E-state index in [-0.39, 0.29) is 12.1 Å². The monoisotopic (exact) mass is 406 g/mol. The van der Waals surface area contributed by atoms with Crippen LogP contribution in [0.1, 0.15) is 49.3 Å². The third-order valence-corrected chi connectivity index (χ3v) is 7.14. The molecule has 6 heteroatoms. The predicted molar refractivity (Wildman–Crippen MR) is 108 cm³/mol. The van der Waals surface area contributed by atoms with E-state index in [1.54, 1.807) is 0 Å². The van der Waals surface area contributed by atoms with Crippen molar-refractivity contribution in [1.29, 1.82) is 0 Å². The Morgan fingerprint density at radius 3 is 2.68 bits per heavy atom. The van der Waals surface area contributed by atoms with Gasteiger partial charge in [0.15, 0.2) is 0 Å². The summed E-state index contributed by atoms with van der Waals surface area (Å²) in [6.07, 6.45) is 0.403. The maximum absolute atomic E-state index is 13.5. The molecule has 1 aliphatic carbocycles. The van der Waals surface area contributed by atoms with Crippen LogP contribution in [0.25, 0.3) is 0 Å². The molecule has 28 heavy (non-hydrogen) atoms. The van der Waals surface area contributed by atoms with Crippen LogP contribution in [0.2, 0.25) is 0 Å². The van der Waals surface area contributed by atoms with E-state index in [4.69, 9.17) is 5.73 Å². The lowest BCUT2D eigenvalue weighted by molar-refractivity contribution is -0.137. The molecule has 3 atom stereocenters. The van der Waals surface area contributed by atoms with E-state index in [9.17, 15) is 13.2 Å². The molecule has 0 aromatic heterocycles. The van der Waals surface area contributed by atoms with Crippen LogP contribution in [0.4, 0.5) is 18.9 Å². The van der Waals surface area contributed by atoms with Gasteiger partial charge in [0.2, 0.25) is 0 Å². The van der Waals surface area contributed by atoms with E-state index in [1.165, 1.54) is 23.9 Å². The van der Waals surface area contributed by atoms with E-state index in [2.05, 4.69) is 18.3 Å². The molecule has 0 spiro atoms. The van der Waals surface area contributed by atoms with Crippen molar-refractivity contribution in [3.05, 3.63) is 53.1 Å². The number of rotatable bonds is 3. The van der Waals surface area contributed by atoms with Crippen molar-refractivity contribution in [3.63, 3.8) is 0 Å². The average molecular weight is 407 g/mol. The number of anilines is 1. The van der Waals surface area contributed by atoms with Gasteiger partial charge in [0.1, 0.15) is 0 Å². The summed E-state index contributed by atoms with van der Waals surface area (Å²) in [5.41, 5.74) is 8.27. The molecule has 1 heterocycles. The second-order valence-corrected chi connectivity index (χ2v) is 9.09. The van der Waals surface area contributed by atoms with Crippen molar-refractivity contribution in [1.82, 2.24) is 0 Å². The van der Waals surface area contributed by atoms with Crippen LogP contribution in [0.3, 0.4) is 0 Å². The van der Waals surface area contributed by atoms with Gasteiger partial charge in [0, 0.05) is 34.0 Å². The van der Waals surface area contributed by atoms with Gasteiger partial charge >= 0.3 is 6.18 Å². The van der Waals surface area contributed by atoms with Gasteiger partial charge < -0.3 is 11.1 Å².